The van der Waals surface area contributed by atoms with Gasteiger partial charge in [0.1, 0.15) is 9.81 Å². The van der Waals surface area contributed by atoms with Crippen LogP contribution in [0.2, 0.25) is 0 Å². The number of thiocarbonyl (C=S) groups is 2. The van der Waals surface area contributed by atoms with Gasteiger partial charge in [-0.25, -0.2) is 0 Å². The number of nitrogens with one attached hydrogen (secondary N) is 2. The van der Waals surface area contributed by atoms with E-state index in [2.05, 4.69) is 10.9 Å². The number of nitrogens with zero attached hydrogens (tertiary/aromatic N) is 2. The monoisotopic (exact) mass is 528 g/mol. The first-order chi connectivity index (χ1) is 16.2. The predicted molar refractivity (Wildman–Crippen MR) is 138 cm³/mol. The number of benzene rings is 2. The van der Waals surface area contributed by atoms with Crippen molar-refractivity contribution in [2.75, 3.05) is 0 Å². The maximum absolute atomic E-state index is 13.0. The van der Waals surface area contributed by atoms with E-state index >= 15 is 0 Å². The van der Waals surface area contributed by atoms with Crippen molar-refractivity contribution in [2.24, 2.45) is 0 Å². The van der Waals surface area contributed by atoms with Crippen LogP contribution in [0.1, 0.15) is 31.8 Å². The Balaban J connectivity index is 1.50. The minimum Gasteiger partial charge on any atom is -0.267 e. The molecule has 2 aliphatic heterocycles. The first-order valence-electron chi connectivity index (χ1n) is 9.78. The molecule has 2 aliphatic rings. The zero-order valence-electron chi connectivity index (χ0n) is 17.8. The third kappa shape index (κ3) is 4.75. The Bertz CT molecular complexity index is 1190. The Morgan fingerprint density at radius 3 is 1.32 bits per heavy atom. The smallest absolute Gasteiger partial charge is 0.267 e. The fourth-order valence-corrected chi connectivity index (χ4v) is 5.46. The molecule has 0 unspecified atom stereocenters. The fourth-order valence-electron chi connectivity index (χ4n) is 2.94. The van der Waals surface area contributed by atoms with Gasteiger partial charge in [-0.15, -0.1) is 0 Å². The lowest BCUT2D eigenvalue weighted by atomic mass is 10.1. The number of thioether (sulfide) groups is 2. The Kier molecular flexibility index (Phi) is 6.84. The second-order valence-corrected chi connectivity index (χ2v) is 10.6. The average Bonchev–Trinajstić information content (AvgIpc) is 3.24. The molecule has 0 atom stereocenters. The lowest BCUT2D eigenvalue weighted by Crippen LogP contribution is -2.45. The largest absolute Gasteiger partial charge is 0.286 e. The molecule has 0 bridgehead atoms. The number of aryl methyl sites for hydroxylation is 2. The summed E-state index contributed by atoms with van der Waals surface area (Å²) in [5.74, 6) is -2.34. The SMILES string of the molecule is Cc1ccc(C(=O)NN2C(=O)C(=C3SC(=S)N(NC(=O)c4ccc(C)cc4)C3=O)SC2=S)cc1. The first-order valence-corrected chi connectivity index (χ1v) is 12.2. The molecule has 2 heterocycles. The topological polar surface area (TPSA) is 98.8 Å². The van der Waals surface area contributed by atoms with Crippen LogP contribution in [0.5, 0.6) is 0 Å². The van der Waals surface area contributed by atoms with Gasteiger partial charge >= 0.3 is 0 Å². The van der Waals surface area contributed by atoms with Crippen molar-refractivity contribution in [1.82, 2.24) is 20.9 Å². The highest BCUT2D eigenvalue weighted by molar-refractivity contribution is 8.29. The molecule has 8 nitrogen and oxygen atoms in total. The molecule has 4 amide bonds. The van der Waals surface area contributed by atoms with E-state index in [0.717, 1.165) is 44.7 Å². The number of amides is 4. The lowest BCUT2D eigenvalue weighted by molar-refractivity contribution is -0.126. The molecule has 0 saturated carbocycles. The Labute approximate surface area is 214 Å². The zero-order chi connectivity index (χ0) is 24.6. The predicted octanol–water partition coefficient (Wildman–Crippen LogP) is 3.23. The molecule has 0 spiro atoms. The van der Waals surface area contributed by atoms with E-state index in [1.54, 1.807) is 48.5 Å². The van der Waals surface area contributed by atoms with Crippen LogP contribution < -0.4 is 10.9 Å². The van der Waals surface area contributed by atoms with Crippen molar-refractivity contribution in [1.29, 1.82) is 0 Å². The maximum atomic E-state index is 13.0. The molecule has 0 aromatic heterocycles. The van der Waals surface area contributed by atoms with Crippen molar-refractivity contribution >= 4 is 80.2 Å². The van der Waals surface area contributed by atoms with Gasteiger partial charge in [-0.3, -0.25) is 30.0 Å². The fraction of sp³-hybridized carbons (Fsp3) is 0.0909. The van der Waals surface area contributed by atoms with Crippen LogP contribution in [0.4, 0.5) is 0 Å². The average molecular weight is 529 g/mol. The van der Waals surface area contributed by atoms with Gasteiger partial charge in [-0.05, 0) is 62.5 Å². The zero-order valence-corrected chi connectivity index (χ0v) is 21.0. The van der Waals surface area contributed by atoms with Gasteiger partial charge in [0.05, 0.1) is 0 Å². The van der Waals surface area contributed by atoms with Crippen LogP contribution in [-0.4, -0.2) is 42.3 Å². The molecule has 12 heteroatoms. The van der Waals surface area contributed by atoms with E-state index in [1.807, 2.05) is 13.8 Å². The molecule has 0 aliphatic carbocycles. The van der Waals surface area contributed by atoms with Crippen LogP contribution in [0.3, 0.4) is 0 Å². The van der Waals surface area contributed by atoms with Gasteiger partial charge in [0.25, 0.3) is 23.6 Å². The molecule has 4 rings (SSSR count). The van der Waals surface area contributed by atoms with Gasteiger partial charge in [-0.2, -0.15) is 10.0 Å². The summed E-state index contributed by atoms with van der Waals surface area (Å²) in [6.07, 6.45) is 0. The van der Waals surface area contributed by atoms with E-state index in [4.69, 9.17) is 24.4 Å². The molecule has 172 valence electrons. The summed E-state index contributed by atoms with van der Waals surface area (Å²) in [5.41, 5.74) is 7.62. The summed E-state index contributed by atoms with van der Waals surface area (Å²) in [4.78, 5) is 51.1. The highest BCUT2D eigenvalue weighted by Crippen LogP contribution is 2.41. The standard InChI is InChI=1S/C22H16N4O4S4/c1-11-3-7-13(8-4-11)17(27)23-25-19(29)15(33-21(25)31)16-20(30)26(22(32)34-16)24-18(28)14-9-5-12(2)6-10-14/h3-10H,1-2H3,(H,23,27)(H,24,28). The normalized spacial score (nSPS) is 18.1. The summed E-state index contributed by atoms with van der Waals surface area (Å²) >= 11 is 12.2. The molecule has 34 heavy (non-hydrogen) atoms. The second kappa shape index (κ2) is 9.66. The third-order valence-corrected chi connectivity index (χ3v) is 7.67. The molecule has 0 radical (unpaired) electrons. The number of hydrazine groups is 2. The Morgan fingerprint density at radius 2 is 1.00 bits per heavy atom. The van der Waals surface area contributed by atoms with Gasteiger partial charge in [0.15, 0.2) is 8.64 Å². The summed E-state index contributed by atoms with van der Waals surface area (Å²) in [6.45, 7) is 3.78. The van der Waals surface area contributed by atoms with E-state index in [9.17, 15) is 19.2 Å². The van der Waals surface area contributed by atoms with Crippen LogP contribution >= 0.6 is 48.0 Å². The number of hydrogen-bond acceptors (Lipinski definition) is 8. The van der Waals surface area contributed by atoms with Crippen LogP contribution in [0.25, 0.3) is 0 Å². The van der Waals surface area contributed by atoms with Crippen molar-refractivity contribution in [3.63, 3.8) is 0 Å². The number of carbonyl (C=O) groups is 4. The molecular formula is C22H16N4O4S4. The summed E-state index contributed by atoms with van der Waals surface area (Å²) in [7, 11) is 0. The number of rotatable bonds is 4. The van der Waals surface area contributed by atoms with Crippen LogP contribution in [0, 0.1) is 13.8 Å². The minimum absolute atomic E-state index is 0.0265. The number of hydrogen-bond donors (Lipinski definition) is 2. The van der Waals surface area contributed by atoms with Crippen molar-refractivity contribution < 1.29 is 19.2 Å². The highest BCUT2D eigenvalue weighted by atomic mass is 32.2. The molecule has 2 fully saturated rings. The molecular weight excluding hydrogens is 513 g/mol. The quantitative estimate of drug-likeness (QED) is 0.461. The first kappa shape index (κ1) is 24.1. The summed E-state index contributed by atoms with van der Waals surface area (Å²) < 4.78 is 0.129. The second-order valence-electron chi connectivity index (χ2n) is 7.29. The van der Waals surface area contributed by atoms with Crippen molar-refractivity contribution in [3.05, 3.63) is 80.6 Å². The lowest BCUT2D eigenvalue weighted by Gasteiger charge is -2.16. The molecule has 2 aromatic carbocycles. The summed E-state index contributed by atoms with van der Waals surface area (Å²) in [5, 5.41) is 1.85. The third-order valence-electron chi connectivity index (χ3n) is 4.80. The van der Waals surface area contributed by atoms with Crippen LogP contribution in [-0.2, 0) is 9.59 Å². The van der Waals surface area contributed by atoms with Crippen molar-refractivity contribution in [2.45, 2.75) is 13.8 Å². The van der Waals surface area contributed by atoms with Crippen molar-refractivity contribution in [3.8, 4) is 0 Å². The van der Waals surface area contributed by atoms with E-state index in [0.29, 0.717) is 11.1 Å². The van der Waals surface area contributed by atoms with Gasteiger partial charge in [0.2, 0.25) is 0 Å². The highest BCUT2D eigenvalue weighted by Gasteiger charge is 2.43. The minimum atomic E-state index is -0.652. The maximum Gasteiger partial charge on any atom is 0.286 e. The summed E-state index contributed by atoms with van der Waals surface area (Å²) in [6, 6.07) is 13.6. The van der Waals surface area contributed by atoms with E-state index < -0.39 is 23.6 Å². The van der Waals surface area contributed by atoms with Crippen LogP contribution in [0.15, 0.2) is 58.3 Å². The molecule has 2 saturated heterocycles. The van der Waals surface area contributed by atoms with Gasteiger partial charge < -0.3 is 0 Å². The van der Waals surface area contributed by atoms with Gasteiger partial charge in [0, 0.05) is 11.1 Å². The Hall–Kier alpha value is -3.06. The molecule has 2 N–H and O–H groups in total. The number of carbonyl (C=O) groups excluding carboxylic acids is 4. The van der Waals surface area contributed by atoms with E-state index in [1.165, 1.54) is 0 Å². The van der Waals surface area contributed by atoms with Gasteiger partial charge in [-0.1, -0.05) is 58.9 Å². The van der Waals surface area contributed by atoms with E-state index in [-0.39, 0.29) is 18.5 Å². The molecule has 2 aromatic rings. The Morgan fingerprint density at radius 1 is 0.676 bits per heavy atom.